The van der Waals surface area contributed by atoms with Crippen LogP contribution in [-0.4, -0.2) is 17.7 Å². The van der Waals surface area contributed by atoms with Crippen molar-refractivity contribution in [1.82, 2.24) is 0 Å². The van der Waals surface area contributed by atoms with E-state index in [0.29, 0.717) is 17.4 Å². The van der Waals surface area contributed by atoms with Crippen LogP contribution in [0.2, 0.25) is 5.02 Å². The highest BCUT2D eigenvalue weighted by molar-refractivity contribution is 6.32. The summed E-state index contributed by atoms with van der Waals surface area (Å²) in [5.74, 6) is -0.517. The normalized spacial score (nSPS) is 10.5. The maximum absolute atomic E-state index is 10.6. The third-order valence-electron chi connectivity index (χ3n) is 1.75. The van der Waals surface area contributed by atoms with Gasteiger partial charge in [0.05, 0.1) is 10.6 Å². The van der Waals surface area contributed by atoms with Crippen molar-refractivity contribution in [3.05, 3.63) is 40.9 Å². The zero-order valence-corrected chi connectivity index (χ0v) is 8.99. The summed E-state index contributed by atoms with van der Waals surface area (Å²) in [7, 11) is 0. The molecule has 3 nitrogen and oxygen atoms in total. The molecular weight excluding hydrogens is 216 g/mol. The fourth-order valence-corrected chi connectivity index (χ4v) is 1.22. The van der Waals surface area contributed by atoms with Crippen molar-refractivity contribution in [2.45, 2.75) is 6.92 Å². The van der Waals surface area contributed by atoms with E-state index in [1.807, 2.05) is 19.1 Å². The van der Waals surface area contributed by atoms with Crippen molar-refractivity contribution in [3.8, 4) is 5.75 Å². The number of benzene rings is 1. The first-order valence-corrected chi connectivity index (χ1v) is 4.79. The standard InChI is InChI=1S/C11H11ClO3/c1-2-3-6-15-10-5-4-8(11(13)14)7-9(10)12/h2-5,7H,6H2,1H3,(H,13,14)/b3-2+. The highest BCUT2D eigenvalue weighted by Gasteiger charge is 2.07. The molecule has 0 unspecified atom stereocenters. The van der Waals surface area contributed by atoms with Gasteiger partial charge in [0.1, 0.15) is 12.4 Å². The van der Waals surface area contributed by atoms with E-state index >= 15 is 0 Å². The van der Waals surface area contributed by atoms with Crippen molar-refractivity contribution in [2.75, 3.05) is 6.61 Å². The molecule has 0 saturated carbocycles. The molecule has 0 aliphatic rings. The lowest BCUT2D eigenvalue weighted by atomic mass is 10.2. The van der Waals surface area contributed by atoms with Gasteiger partial charge in [0.15, 0.2) is 0 Å². The molecule has 1 aromatic carbocycles. The van der Waals surface area contributed by atoms with Crippen LogP contribution >= 0.6 is 11.6 Å². The molecule has 1 rings (SSSR count). The van der Waals surface area contributed by atoms with Gasteiger partial charge in [-0.2, -0.15) is 0 Å². The summed E-state index contributed by atoms with van der Waals surface area (Å²) in [6.07, 6.45) is 3.70. The highest BCUT2D eigenvalue weighted by atomic mass is 35.5. The molecule has 0 fully saturated rings. The average molecular weight is 227 g/mol. The minimum Gasteiger partial charge on any atom is -0.488 e. The summed E-state index contributed by atoms with van der Waals surface area (Å²) < 4.78 is 5.30. The molecule has 0 saturated heterocycles. The van der Waals surface area contributed by atoms with E-state index in [-0.39, 0.29) is 5.56 Å². The quantitative estimate of drug-likeness (QED) is 0.803. The summed E-state index contributed by atoms with van der Waals surface area (Å²) in [6, 6.07) is 4.38. The van der Waals surface area contributed by atoms with Crippen LogP contribution in [0.4, 0.5) is 0 Å². The number of rotatable bonds is 4. The lowest BCUT2D eigenvalue weighted by Gasteiger charge is -2.05. The molecule has 0 atom stereocenters. The Kier molecular flexibility index (Phi) is 4.18. The summed E-state index contributed by atoms with van der Waals surface area (Å²) in [4.78, 5) is 10.6. The number of halogens is 1. The molecule has 0 aliphatic carbocycles. The monoisotopic (exact) mass is 226 g/mol. The minimum atomic E-state index is -1.00. The molecule has 15 heavy (non-hydrogen) atoms. The average Bonchev–Trinajstić information content (AvgIpc) is 2.20. The zero-order valence-electron chi connectivity index (χ0n) is 8.24. The summed E-state index contributed by atoms with van der Waals surface area (Å²) in [5, 5.41) is 9.01. The Morgan fingerprint density at radius 2 is 2.33 bits per heavy atom. The molecule has 0 heterocycles. The van der Waals surface area contributed by atoms with Gasteiger partial charge >= 0.3 is 5.97 Å². The van der Waals surface area contributed by atoms with Crippen molar-refractivity contribution < 1.29 is 14.6 Å². The Bertz CT molecular complexity index is 385. The maximum atomic E-state index is 10.6. The van der Waals surface area contributed by atoms with E-state index in [4.69, 9.17) is 21.4 Å². The largest absolute Gasteiger partial charge is 0.488 e. The highest BCUT2D eigenvalue weighted by Crippen LogP contribution is 2.25. The topological polar surface area (TPSA) is 46.5 Å². The fourth-order valence-electron chi connectivity index (χ4n) is 0.985. The van der Waals surface area contributed by atoms with E-state index < -0.39 is 5.97 Å². The second-order valence-electron chi connectivity index (χ2n) is 2.83. The van der Waals surface area contributed by atoms with Gasteiger partial charge in [0.25, 0.3) is 0 Å². The van der Waals surface area contributed by atoms with Crippen LogP contribution in [0.5, 0.6) is 5.75 Å². The van der Waals surface area contributed by atoms with E-state index in [1.54, 1.807) is 6.07 Å². The summed E-state index contributed by atoms with van der Waals surface area (Å²) in [6.45, 7) is 2.31. The van der Waals surface area contributed by atoms with Gasteiger partial charge < -0.3 is 9.84 Å². The predicted molar refractivity (Wildman–Crippen MR) is 58.7 cm³/mol. The lowest BCUT2D eigenvalue weighted by Crippen LogP contribution is -1.98. The van der Waals surface area contributed by atoms with E-state index in [1.165, 1.54) is 12.1 Å². The van der Waals surface area contributed by atoms with Gasteiger partial charge in [-0.15, -0.1) is 0 Å². The SMILES string of the molecule is C/C=C/COc1ccc(C(=O)O)cc1Cl. The Labute approximate surface area is 92.9 Å². The van der Waals surface area contributed by atoms with Gasteiger partial charge in [0.2, 0.25) is 0 Å². The van der Waals surface area contributed by atoms with Crippen molar-refractivity contribution >= 4 is 17.6 Å². The second kappa shape index (κ2) is 5.41. The van der Waals surface area contributed by atoms with Gasteiger partial charge in [-0.3, -0.25) is 0 Å². The lowest BCUT2D eigenvalue weighted by molar-refractivity contribution is 0.0697. The smallest absolute Gasteiger partial charge is 0.335 e. The summed E-state index contributed by atoms with van der Waals surface area (Å²) in [5.41, 5.74) is 0.151. The Morgan fingerprint density at radius 1 is 1.60 bits per heavy atom. The number of allylic oxidation sites excluding steroid dienone is 1. The first kappa shape index (κ1) is 11.6. The number of carbonyl (C=O) groups is 1. The molecule has 0 aliphatic heterocycles. The van der Waals surface area contributed by atoms with Crippen LogP contribution in [0, 0.1) is 0 Å². The van der Waals surface area contributed by atoms with Gasteiger partial charge in [-0.25, -0.2) is 4.79 Å². The Balaban J connectivity index is 2.79. The van der Waals surface area contributed by atoms with Gasteiger partial charge in [-0.1, -0.05) is 23.8 Å². The molecule has 0 spiro atoms. The third kappa shape index (κ3) is 3.29. The van der Waals surface area contributed by atoms with Crippen molar-refractivity contribution in [1.29, 1.82) is 0 Å². The first-order chi connectivity index (χ1) is 7.15. The second-order valence-corrected chi connectivity index (χ2v) is 3.24. The Morgan fingerprint density at radius 3 is 2.87 bits per heavy atom. The molecule has 0 aromatic heterocycles. The van der Waals surface area contributed by atoms with Gasteiger partial charge in [0, 0.05) is 0 Å². The third-order valence-corrected chi connectivity index (χ3v) is 2.04. The van der Waals surface area contributed by atoms with Crippen LogP contribution in [0.1, 0.15) is 17.3 Å². The fraction of sp³-hybridized carbons (Fsp3) is 0.182. The number of hydrogen-bond acceptors (Lipinski definition) is 2. The van der Waals surface area contributed by atoms with Crippen LogP contribution in [0.25, 0.3) is 0 Å². The number of carboxylic acids is 1. The van der Waals surface area contributed by atoms with Crippen LogP contribution in [0.3, 0.4) is 0 Å². The van der Waals surface area contributed by atoms with Crippen molar-refractivity contribution in [2.24, 2.45) is 0 Å². The predicted octanol–water partition coefficient (Wildman–Crippen LogP) is 2.99. The number of carboxylic acid groups (broad SMARTS) is 1. The maximum Gasteiger partial charge on any atom is 0.335 e. The first-order valence-electron chi connectivity index (χ1n) is 4.42. The van der Waals surface area contributed by atoms with Crippen LogP contribution in [0.15, 0.2) is 30.4 Å². The molecule has 0 amide bonds. The van der Waals surface area contributed by atoms with E-state index in [9.17, 15) is 4.79 Å². The Hall–Kier alpha value is -1.48. The number of ether oxygens (including phenoxy) is 1. The molecule has 1 N–H and O–H groups in total. The zero-order chi connectivity index (χ0) is 11.3. The molecule has 0 radical (unpaired) electrons. The molecule has 1 aromatic rings. The van der Waals surface area contributed by atoms with Crippen LogP contribution in [-0.2, 0) is 0 Å². The van der Waals surface area contributed by atoms with Crippen LogP contribution < -0.4 is 4.74 Å². The number of aromatic carboxylic acids is 1. The van der Waals surface area contributed by atoms with E-state index in [2.05, 4.69) is 0 Å². The van der Waals surface area contributed by atoms with E-state index in [0.717, 1.165) is 0 Å². The summed E-state index contributed by atoms with van der Waals surface area (Å²) >= 11 is 5.84. The molecule has 4 heteroatoms. The molecular formula is C11H11ClO3. The molecule has 80 valence electrons. The molecule has 0 bridgehead atoms. The van der Waals surface area contributed by atoms with Gasteiger partial charge in [-0.05, 0) is 25.1 Å². The minimum absolute atomic E-state index is 0.151. The van der Waals surface area contributed by atoms with Crippen molar-refractivity contribution in [3.63, 3.8) is 0 Å². The number of hydrogen-bond donors (Lipinski definition) is 1.